The average Bonchev–Trinajstić information content (AvgIpc) is 2.39. The molecule has 0 saturated carbocycles. The molecular formula is C16H22N+. The van der Waals surface area contributed by atoms with Gasteiger partial charge < -0.3 is 0 Å². The van der Waals surface area contributed by atoms with E-state index in [4.69, 9.17) is 0 Å². The summed E-state index contributed by atoms with van der Waals surface area (Å²) < 4.78 is 2.20. The maximum Gasteiger partial charge on any atom is 0.258 e. The number of rotatable bonds is 4. The van der Waals surface area contributed by atoms with Gasteiger partial charge in [0.2, 0.25) is 0 Å². The van der Waals surface area contributed by atoms with Crippen molar-refractivity contribution in [2.24, 2.45) is 0 Å². The number of nitrogens with zero attached hydrogens (tertiary/aromatic N) is 1. The topological polar surface area (TPSA) is 3.01 Å². The first-order valence-electron chi connectivity index (χ1n) is 6.42. The highest BCUT2D eigenvalue weighted by molar-refractivity contribution is 6.09. The van der Waals surface area contributed by atoms with E-state index in [2.05, 4.69) is 61.6 Å². The first-order chi connectivity index (χ1) is 8.29. The maximum absolute atomic E-state index is 3.31. The van der Waals surface area contributed by atoms with Crippen LogP contribution in [0.3, 0.4) is 0 Å². The molecule has 0 N–H and O–H groups in total. The highest BCUT2D eigenvalue weighted by Gasteiger charge is 2.08. The molecule has 0 atom stereocenters. The van der Waals surface area contributed by atoms with E-state index in [1.165, 1.54) is 18.4 Å². The lowest BCUT2D eigenvalue weighted by Gasteiger charge is -1.99. The molecule has 0 aromatic heterocycles. The molecule has 0 radical (unpaired) electrons. The van der Waals surface area contributed by atoms with Gasteiger partial charge >= 0.3 is 0 Å². The van der Waals surface area contributed by atoms with Crippen molar-refractivity contribution in [3.8, 4) is 11.8 Å². The van der Waals surface area contributed by atoms with Gasteiger partial charge in [0.15, 0.2) is 0 Å². The van der Waals surface area contributed by atoms with E-state index >= 15 is 0 Å². The Morgan fingerprint density at radius 1 is 1.18 bits per heavy atom. The molecule has 17 heavy (non-hydrogen) atoms. The monoisotopic (exact) mass is 228 g/mol. The fraction of sp³-hybridized carbons (Fsp3) is 0.438. The fourth-order valence-corrected chi connectivity index (χ4v) is 1.55. The molecule has 0 aliphatic heterocycles. The lowest BCUT2D eigenvalue weighted by Crippen LogP contribution is -2.16. The Bertz CT molecular complexity index is 418. The maximum atomic E-state index is 3.31. The largest absolute Gasteiger partial charge is 0.258 e. The average molecular weight is 228 g/mol. The lowest BCUT2D eigenvalue weighted by atomic mass is 10.1. The third-order valence-corrected chi connectivity index (χ3v) is 2.77. The molecule has 0 bridgehead atoms. The van der Waals surface area contributed by atoms with Crippen molar-refractivity contribution in [3.63, 3.8) is 0 Å². The normalized spacial score (nSPS) is 11.5. The van der Waals surface area contributed by atoms with Crippen molar-refractivity contribution >= 4 is 5.71 Å². The van der Waals surface area contributed by atoms with Crippen LogP contribution in [0.2, 0.25) is 0 Å². The van der Waals surface area contributed by atoms with Crippen LogP contribution in [0.5, 0.6) is 0 Å². The van der Waals surface area contributed by atoms with Crippen LogP contribution < -0.4 is 0 Å². The Morgan fingerprint density at radius 2 is 1.88 bits per heavy atom. The van der Waals surface area contributed by atoms with Crippen LogP contribution in [0, 0.1) is 11.8 Å². The Kier molecular flexibility index (Phi) is 6.10. The van der Waals surface area contributed by atoms with Gasteiger partial charge in [-0.1, -0.05) is 37.5 Å². The molecule has 1 rings (SSSR count). The molecule has 0 amide bonds. The van der Waals surface area contributed by atoms with Gasteiger partial charge in [-0.05, 0) is 25.5 Å². The summed E-state index contributed by atoms with van der Waals surface area (Å²) >= 11 is 0. The minimum absolute atomic E-state index is 0.979. The van der Waals surface area contributed by atoms with Gasteiger partial charge in [0.1, 0.15) is 13.6 Å². The van der Waals surface area contributed by atoms with Crippen molar-refractivity contribution in [1.29, 1.82) is 0 Å². The predicted molar refractivity (Wildman–Crippen MR) is 74.6 cm³/mol. The van der Waals surface area contributed by atoms with Crippen LogP contribution in [0.25, 0.3) is 0 Å². The second-order valence-electron chi connectivity index (χ2n) is 4.13. The second-order valence-corrected chi connectivity index (χ2v) is 4.13. The van der Waals surface area contributed by atoms with Gasteiger partial charge in [0.25, 0.3) is 5.71 Å². The van der Waals surface area contributed by atoms with Crippen molar-refractivity contribution in [3.05, 3.63) is 35.9 Å². The highest BCUT2D eigenvalue weighted by Crippen LogP contribution is 2.01. The zero-order chi connectivity index (χ0) is 12.5. The standard InChI is InChI=1S/C16H22N/c1-4-6-7-11-14-16(17(3)5-2)15-12-9-8-10-13-15/h8-10,12-13H,4-7H2,1-3H3/q+1. The van der Waals surface area contributed by atoms with Gasteiger partial charge in [-0.15, -0.1) is 0 Å². The van der Waals surface area contributed by atoms with E-state index in [0.29, 0.717) is 0 Å². The second kappa shape index (κ2) is 7.68. The summed E-state index contributed by atoms with van der Waals surface area (Å²) in [4.78, 5) is 0. The number of hydrogen-bond acceptors (Lipinski definition) is 0. The van der Waals surface area contributed by atoms with E-state index < -0.39 is 0 Å². The molecule has 1 nitrogen and oxygen atoms in total. The summed E-state index contributed by atoms with van der Waals surface area (Å²) in [5.74, 6) is 6.59. The van der Waals surface area contributed by atoms with Crippen LogP contribution in [-0.2, 0) is 0 Å². The summed E-state index contributed by atoms with van der Waals surface area (Å²) in [5, 5.41) is 0. The molecule has 0 heterocycles. The van der Waals surface area contributed by atoms with E-state index in [1.807, 2.05) is 6.07 Å². The van der Waals surface area contributed by atoms with Crippen LogP contribution in [0.1, 0.15) is 38.7 Å². The van der Waals surface area contributed by atoms with E-state index in [1.54, 1.807) is 0 Å². The Balaban J connectivity index is 2.94. The van der Waals surface area contributed by atoms with Crippen molar-refractivity contribution in [2.75, 3.05) is 13.6 Å². The molecule has 0 fully saturated rings. The molecular weight excluding hydrogens is 206 g/mol. The third kappa shape index (κ3) is 4.44. The van der Waals surface area contributed by atoms with Gasteiger partial charge in [-0.3, -0.25) is 0 Å². The van der Waals surface area contributed by atoms with E-state index in [0.717, 1.165) is 18.7 Å². The van der Waals surface area contributed by atoms with Crippen LogP contribution in [0.15, 0.2) is 30.3 Å². The van der Waals surface area contributed by atoms with E-state index in [-0.39, 0.29) is 0 Å². The molecule has 0 unspecified atom stereocenters. The lowest BCUT2D eigenvalue weighted by molar-refractivity contribution is -0.491. The van der Waals surface area contributed by atoms with Gasteiger partial charge in [0, 0.05) is 12.3 Å². The van der Waals surface area contributed by atoms with Crippen LogP contribution >= 0.6 is 0 Å². The first kappa shape index (κ1) is 13.5. The predicted octanol–water partition coefficient (Wildman–Crippen LogP) is 3.33. The summed E-state index contributed by atoms with van der Waals surface area (Å²) in [5.41, 5.74) is 2.34. The van der Waals surface area contributed by atoms with Gasteiger partial charge in [-0.2, -0.15) is 0 Å². The highest BCUT2D eigenvalue weighted by atomic mass is 15.0. The molecule has 90 valence electrons. The first-order valence-corrected chi connectivity index (χ1v) is 6.42. The van der Waals surface area contributed by atoms with Crippen molar-refractivity contribution < 1.29 is 4.58 Å². The SMILES string of the molecule is CCCCC#CC(c1ccccc1)=[N+](C)CC. The Morgan fingerprint density at radius 3 is 2.47 bits per heavy atom. The van der Waals surface area contributed by atoms with Crippen LogP contribution in [0.4, 0.5) is 0 Å². The molecule has 0 aliphatic rings. The summed E-state index contributed by atoms with van der Waals surface area (Å²) in [6, 6.07) is 10.4. The Hall–Kier alpha value is -1.55. The third-order valence-electron chi connectivity index (χ3n) is 2.77. The minimum atomic E-state index is 0.979. The Labute approximate surface area is 105 Å². The molecule has 0 saturated heterocycles. The molecule has 1 aromatic rings. The van der Waals surface area contributed by atoms with E-state index in [9.17, 15) is 0 Å². The number of unbranched alkanes of at least 4 members (excludes halogenated alkanes) is 2. The molecule has 0 spiro atoms. The summed E-state index contributed by atoms with van der Waals surface area (Å²) in [7, 11) is 2.09. The fourth-order valence-electron chi connectivity index (χ4n) is 1.55. The van der Waals surface area contributed by atoms with Crippen molar-refractivity contribution in [2.45, 2.75) is 33.1 Å². The number of hydrogen-bond donors (Lipinski definition) is 0. The minimum Gasteiger partial charge on any atom is -0.225 e. The summed E-state index contributed by atoms with van der Waals surface area (Å²) in [6.07, 6.45) is 3.38. The molecule has 0 aliphatic carbocycles. The van der Waals surface area contributed by atoms with Crippen molar-refractivity contribution in [1.82, 2.24) is 0 Å². The van der Waals surface area contributed by atoms with Crippen LogP contribution in [-0.4, -0.2) is 23.9 Å². The smallest absolute Gasteiger partial charge is 0.225 e. The summed E-state index contributed by atoms with van der Waals surface area (Å²) in [6.45, 7) is 5.32. The van der Waals surface area contributed by atoms with Gasteiger partial charge in [0.05, 0.1) is 5.56 Å². The molecule has 1 heteroatoms. The number of benzene rings is 1. The zero-order valence-electron chi connectivity index (χ0n) is 11.2. The zero-order valence-corrected chi connectivity index (χ0v) is 11.2. The quantitative estimate of drug-likeness (QED) is 0.322. The van der Waals surface area contributed by atoms with Gasteiger partial charge in [-0.25, -0.2) is 4.58 Å². The molecule has 1 aromatic carbocycles.